The molecule has 0 radical (unpaired) electrons. The lowest BCUT2D eigenvalue weighted by Crippen LogP contribution is -2.50. The predicted molar refractivity (Wildman–Crippen MR) is 105 cm³/mol. The van der Waals surface area contributed by atoms with Crippen LogP contribution in [0.2, 0.25) is 0 Å². The third-order valence-electron chi connectivity index (χ3n) is 6.68. The fourth-order valence-electron chi connectivity index (χ4n) is 5.42. The average molecular weight is 395 g/mol. The first-order valence-corrected chi connectivity index (χ1v) is 11.5. The number of ether oxygens (including phenoxy) is 1. The second-order valence-electron chi connectivity index (χ2n) is 8.35. The lowest BCUT2D eigenvalue weighted by Gasteiger charge is -2.51. The number of thiazole rings is 1. The number of esters is 1. The molecule has 0 unspecified atom stereocenters. The van der Waals surface area contributed by atoms with Crippen LogP contribution in [0.4, 0.5) is 5.13 Å². The molecule has 6 atom stereocenters. The molecule has 0 aromatic carbocycles. The van der Waals surface area contributed by atoms with Crippen molar-refractivity contribution in [3.8, 4) is 0 Å². The van der Waals surface area contributed by atoms with Gasteiger partial charge in [0.25, 0.3) is 0 Å². The molecular weight excluding hydrogens is 368 g/mol. The highest BCUT2D eigenvalue weighted by molar-refractivity contribution is 7.99. The molecule has 2 heterocycles. The number of hydrogen-bond donors (Lipinski definition) is 1. The number of hydrogen-bond acceptors (Lipinski definition) is 6. The molecule has 1 aromatic rings. The zero-order valence-electron chi connectivity index (χ0n) is 15.7. The number of rotatable bonds is 3. The maximum Gasteiger partial charge on any atom is 0.309 e. The Morgan fingerprint density at radius 3 is 2.92 bits per heavy atom. The van der Waals surface area contributed by atoms with Gasteiger partial charge in [-0.05, 0) is 30.9 Å². The van der Waals surface area contributed by atoms with Crippen LogP contribution in [0, 0.1) is 23.2 Å². The normalized spacial score (nSPS) is 38.2. The summed E-state index contributed by atoms with van der Waals surface area (Å²) in [7, 11) is 0. The van der Waals surface area contributed by atoms with Gasteiger partial charge in [0.1, 0.15) is 6.10 Å². The van der Waals surface area contributed by atoms with Gasteiger partial charge in [-0.25, -0.2) is 4.98 Å². The lowest BCUT2D eigenvalue weighted by molar-refractivity contribution is -0.149. The maximum absolute atomic E-state index is 12.2. The Bertz CT molecular complexity index is 749. The maximum atomic E-state index is 12.2. The second kappa shape index (κ2) is 6.51. The lowest BCUT2D eigenvalue weighted by atomic mass is 9.54. The van der Waals surface area contributed by atoms with Crippen molar-refractivity contribution in [3.05, 3.63) is 10.6 Å². The van der Waals surface area contributed by atoms with Gasteiger partial charge in [-0.15, -0.1) is 11.3 Å². The molecule has 142 valence electrons. The SMILES string of the molecule is CSCC(=O)Nc1nc2c(s1)C[C@]1(C)CC[C@@H]3[C@H](OC(=O)[C@H]3C)[C@H]1[C@@H]2C. The van der Waals surface area contributed by atoms with E-state index in [1.165, 1.54) is 16.6 Å². The van der Waals surface area contributed by atoms with Crippen molar-refractivity contribution in [3.63, 3.8) is 0 Å². The van der Waals surface area contributed by atoms with E-state index < -0.39 is 0 Å². The average Bonchev–Trinajstić information content (AvgIpc) is 3.08. The van der Waals surface area contributed by atoms with Crippen molar-refractivity contribution in [1.82, 2.24) is 4.98 Å². The van der Waals surface area contributed by atoms with Crippen molar-refractivity contribution >= 4 is 40.1 Å². The zero-order chi connectivity index (χ0) is 18.6. The molecule has 3 aliphatic rings. The van der Waals surface area contributed by atoms with Gasteiger partial charge in [-0.1, -0.05) is 20.8 Å². The van der Waals surface area contributed by atoms with Crippen LogP contribution >= 0.6 is 23.1 Å². The number of amides is 1. The monoisotopic (exact) mass is 394 g/mol. The second-order valence-corrected chi connectivity index (χ2v) is 10.3. The van der Waals surface area contributed by atoms with Crippen molar-refractivity contribution < 1.29 is 14.3 Å². The highest BCUT2D eigenvalue weighted by Gasteiger charge is 2.58. The van der Waals surface area contributed by atoms with E-state index in [4.69, 9.17) is 9.72 Å². The van der Waals surface area contributed by atoms with E-state index in [1.807, 2.05) is 13.2 Å². The molecule has 5 nitrogen and oxygen atoms in total. The third kappa shape index (κ3) is 2.78. The fraction of sp³-hybridized carbons (Fsp3) is 0.737. The summed E-state index contributed by atoms with van der Waals surface area (Å²) in [6.45, 7) is 6.57. The molecule has 1 N–H and O–H groups in total. The molecule has 2 fully saturated rings. The van der Waals surface area contributed by atoms with E-state index in [2.05, 4.69) is 19.2 Å². The smallest absolute Gasteiger partial charge is 0.309 e. The number of fused-ring (bicyclic) bond motifs is 4. The minimum Gasteiger partial charge on any atom is -0.461 e. The van der Waals surface area contributed by atoms with Gasteiger partial charge in [0, 0.05) is 22.6 Å². The molecule has 0 bridgehead atoms. The molecule has 1 aromatic heterocycles. The zero-order valence-corrected chi connectivity index (χ0v) is 17.3. The van der Waals surface area contributed by atoms with Gasteiger partial charge < -0.3 is 10.1 Å². The quantitative estimate of drug-likeness (QED) is 0.792. The number of carbonyl (C=O) groups is 2. The van der Waals surface area contributed by atoms with Crippen LogP contribution < -0.4 is 5.32 Å². The Labute approximate surface area is 162 Å². The summed E-state index contributed by atoms with van der Waals surface area (Å²) in [6.07, 6.45) is 5.07. The summed E-state index contributed by atoms with van der Waals surface area (Å²) in [6, 6.07) is 0. The van der Waals surface area contributed by atoms with Crippen LogP contribution in [0.25, 0.3) is 0 Å². The topological polar surface area (TPSA) is 68.3 Å². The van der Waals surface area contributed by atoms with Gasteiger partial charge in [0.15, 0.2) is 5.13 Å². The van der Waals surface area contributed by atoms with Crippen LogP contribution in [-0.4, -0.2) is 35.0 Å². The van der Waals surface area contributed by atoms with E-state index in [9.17, 15) is 9.59 Å². The van der Waals surface area contributed by atoms with E-state index in [1.54, 1.807) is 11.3 Å². The third-order valence-corrected chi connectivity index (χ3v) is 8.22. The minimum absolute atomic E-state index is 0.00140. The summed E-state index contributed by atoms with van der Waals surface area (Å²) < 4.78 is 5.87. The highest BCUT2D eigenvalue weighted by Crippen LogP contribution is 2.59. The van der Waals surface area contributed by atoms with Crippen molar-refractivity contribution in [1.29, 1.82) is 0 Å². The van der Waals surface area contributed by atoms with E-state index in [-0.39, 0.29) is 35.2 Å². The molecule has 1 saturated heterocycles. The number of nitrogens with zero attached hydrogens (tertiary/aromatic N) is 1. The number of thioether (sulfide) groups is 1. The largest absolute Gasteiger partial charge is 0.461 e. The number of carbonyl (C=O) groups excluding carboxylic acids is 2. The molecule has 1 amide bonds. The van der Waals surface area contributed by atoms with Crippen LogP contribution in [0.3, 0.4) is 0 Å². The minimum atomic E-state index is -0.0365. The Kier molecular flexibility index (Phi) is 4.58. The summed E-state index contributed by atoms with van der Waals surface area (Å²) in [4.78, 5) is 30.1. The van der Waals surface area contributed by atoms with Crippen LogP contribution in [0.1, 0.15) is 50.1 Å². The summed E-state index contributed by atoms with van der Waals surface area (Å²) in [5, 5.41) is 3.64. The summed E-state index contributed by atoms with van der Waals surface area (Å²) in [5.74, 6) is 1.29. The van der Waals surface area contributed by atoms with Crippen LogP contribution in [-0.2, 0) is 20.7 Å². The Balaban J connectivity index is 1.64. The van der Waals surface area contributed by atoms with Crippen LogP contribution in [0.5, 0.6) is 0 Å². The van der Waals surface area contributed by atoms with Gasteiger partial charge in [0.05, 0.1) is 17.4 Å². The Morgan fingerprint density at radius 1 is 1.42 bits per heavy atom. The van der Waals surface area contributed by atoms with E-state index >= 15 is 0 Å². The number of anilines is 1. The van der Waals surface area contributed by atoms with Crippen LogP contribution in [0.15, 0.2) is 0 Å². The first kappa shape index (κ1) is 18.3. The number of aromatic nitrogens is 1. The summed E-state index contributed by atoms with van der Waals surface area (Å²) >= 11 is 3.12. The van der Waals surface area contributed by atoms with Crippen molar-refractivity contribution in [2.24, 2.45) is 23.2 Å². The first-order chi connectivity index (χ1) is 12.3. The van der Waals surface area contributed by atoms with Gasteiger partial charge >= 0.3 is 5.97 Å². The van der Waals surface area contributed by atoms with Gasteiger partial charge in [0.2, 0.25) is 5.91 Å². The molecule has 1 aliphatic heterocycles. The van der Waals surface area contributed by atoms with E-state index in [0.717, 1.165) is 25.0 Å². The first-order valence-electron chi connectivity index (χ1n) is 9.33. The summed E-state index contributed by atoms with van der Waals surface area (Å²) in [5.41, 5.74) is 1.22. The van der Waals surface area contributed by atoms with Crippen molar-refractivity contribution in [2.45, 2.75) is 52.1 Å². The predicted octanol–water partition coefficient (Wildman–Crippen LogP) is 3.70. The van der Waals surface area contributed by atoms with Crippen molar-refractivity contribution in [2.75, 3.05) is 17.3 Å². The Hall–Kier alpha value is -1.08. The molecule has 26 heavy (non-hydrogen) atoms. The molecule has 7 heteroatoms. The molecule has 4 rings (SSSR count). The van der Waals surface area contributed by atoms with E-state index in [0.29, 0.717) is 22.7 Å². The Morgan fingerprint density at radius 2 is 2.19 bits per heavy atom. The number of nitrogens with one attached hydrogen (secondary N) is 1. The molecule has 0 spiro atoms. The molecule has 2 aliphatic carbocycles. The van der Waals surface area contributed by atoms with Gasteiger partial charge in [-0.3, -0.25) is 9.59 Å². The van der Waals surface area contributed by atoms with Gasteiger partial charge in [-0.2, -0.15) is 11.8 Å². The molecule has 1 saturated carbocycles. The standard InChI is InChI=1S/C19H26N2O3S2/c1-9-11-5-6-19(3)7-12-15(10(2)14(19)16(11)24-17(9)23)21-18(26-12)20-13(22)8-25-4/h9-11,14,16H,5-8H2,1-4H3,(H,20,21,22)/t9-,10-,11-,14+,16-,19-/m0/s1. The highest BCUT2D eigenvalue weighted by atomic mass is 32.2. The molecular formula is C19H26N2O3S2. The fourth-order valence-corrected chi connectivity index (χ4v) is 7.03.